The molecule has 0 aliphatic carbocycles. The summed E-state index contributed by atoms with van der Waals surface area (Å²) in [7, 11) is 4.88. The molecule has 30 heavy (non-hydrogen) atoms. The van der Waals surface area contributed by atoms with Gasteiger partial charge in [0, 0.05) is 38.4 Å². The van der Waals surface area contributed by atoms with E-state index in [0.29, 0.717) is 18.0 Å². The summed E-state index contributed by atoms with van der Waals surface area (Å²) in [5.74, 6) is 2.22. The number of carbonyl (C=O) groups is 1. The molecule has 1 saturated heterocycles. The Balaban J connectivity index is 1.49. The van der Waals surface area contributed by atoms with Crippen molar-refractivity contribution in [3.63, 3.8) is 0 Å². The van der Waals surface area contributed by atoms with Crippen molar-refractivity contribution in [2.75, 3.05) is 52.4 Å². The number of piperazine rings is 1. The summed E-state index contributed by atoms with van der Waals surface area (Å²) in [5.41, 5.74) is 2.15. The van der Waals surface area contributed by atoms with Crippen LogP contribution in [-0.2, 0) is 11.3 Å². The summed E-state index contributed by atoms with van der Waals surface area (Å²) < 4.78 is 15.8. The highest BCUT2D eigenvalue weighted by atomic mass is 16.5. The first-order chi connectivity index (χ1) is 14.5. The topological polar surface area (TPSA) is 63.3 Å². The zero-order chi connectivity index (χ0) is 21.5. The molecule has 162 valence electrons. The van der Waals surface area contributed by atoms with Crippen molar-refractivity contribution in [2.45, 2.75) is 19.5 Å². The monoisotopic (exact) mass is 413 g/mol. The summed E-state index contributed by atoms with van der Waals surface area (Å²) in [4.78, 5) is 17.2. The highest BCUT2D eigenvalue weighted by molar-refractivity contribution is 5.81. The lowest BCUT2D eigenvalue weighted by Crippen LogP contribution is -2.53. The second kappa shape index (κ2) is 10.2. The lowest BCUT2D eigenvalue weighted by molar-refractivity contribution is -0.126. The van der Waals surface area contributed by atoms with Gasteiger partial charge in [-0.15, -0.1) is 0 Å². The number of benzene rings is 2. The quantitative estimate of drug-likeness (QED) is 0.718. The fraction of sp³-hybridized carbons (Fsp3) is 0.435. The normalized spacial score (nSPS) is 15.4. The van der Waals surface area contributed by atoms with Crippen molar-refractivity contribution < 1.29 is 19.0 Å². The Morgan fingerprint density at radius 3 is 2.20 bits per heavy atom. The van der Waals surface area contributed by atoms with Crippen molar-refractivity contribution in [2.24, 2.45) is 0 Å². The molecule has 0 spiro atoms. The van der Waals surface area contributed by atoms with Gasteiger partial charge >= 0.3 is 0 Å². The maximum atomic E-state index is 12.7. The van der Waals surface area contributed by atoms with E-state index in [1.165, 1.54) is 5.69 Å². The Morgan fingerprint density at radius 1 is 0.933 bits per heavy atom. The van der Waals surface area contributed by atoms with Gasteiger partial charge in [-0.2, -0.15) is 0 Å². The predicted molar refractivity (Wildman–Crippen MR) is 118 cm³/mol. The molecule has 1 aliphatic heterocycles. The number of rotatable bonds is 8. The Hall–Kier alpha value is -2.93. The molecule has 7 nitrogen and oxygen atoms in total. The SMILES string of the molecule is COc1ccc(N2CCN([C@H](C)C(=O)NCc3ccc(OC)c(OC)c3)CC2)cc1. The largest absolute Gasteiger partial charge is 0.497 e. The number of anilines is 1. The molecule has 2 aromatic carbocycles. The van der Waals surface area contributed by atoms with E-state index in [0.717, 1.165) is 37.5 Å². The van der Waals surface area contributed by atoms with Gasteiger partial charge in [0.15, 0.2) is 11.5 Å². The molecule has 0 unspecified atom stereocenters. The standard InChI is InChI=1S/C23H31N3O4/c1-17(23(27)24-16-18-5-10-21(29-3)22(15-18)30-4)25-11-13-26(14-12-25)19-6-8-20(28-2)9-7-19/h5-10,15,17H,11-14,16H2,1-4H3,(H,24,27)/t17-/m1/s1. The first-order valence-electron chi connectivity index (χ1n) is 10.2. The van der Waals surface area contributed by atoms with Crippen molar-refractivity contribution in [1.29, 1.82) is 0 Å². The summed E-state index contributed by atoms with van der Waals surface area (Å²) in [5, 5.41) is 3.04. The zero-order valence-corrected chi connectivity index (χ0v) is 18.2. The molecule has 1 heterocycles. The third-order valence-electron chi connectivity index (χ3n) is 5.59. The number of ether oxygens (including phenoxy) is 3. The van der Waals surface area contributed by atoms with E-state index in [-0.39, 0.29) is 11.9 Å². The molecule has 0 saturated carbocycles. The number of nitrogens with zero attached hydrogens (tertiary/aromatic N) is 2. The van der Waals surface area contributed by atoms with Crippen molar-refractivity contribution in [1.82, 2.24) is 10.2 Å². The van der Waals surface area contributed by atoms with E-state index in [1.807, 2.05) is 37.3 Å². The maximum absolute atomic E-state index is 12.7. The van der Waals surface area contributed by atoms with Crippen LogP contribution in [0.5, 0.6) is 17.2 Å². The van der Waals surface area contributed by atoms with Crippen molar-refractivity contribution in [3.8, 4) is 17.2 Å². The number of nitrogens with one attached hydrogen (secondary N) is 1. The molecule has 1 N–H and O–H groups in total. The van der Waals surface area contributed by atoms with Gasteiger partial charge in [-0.1, -0.05) is 6.07 Å². The number of methoxy groups -OCH3 is 3. The van der Waals surface area contributed by atoms with Gasteiger partial charge in [-0.25, -0.2) is 0 Å². The number of hydrogen-bond donors (Lipinski definition) is 1. The minimum absolute atomic E-state index is 0.0303. The first kappa shape index (κ1) is 21.8. The molecule has 2 aromatic rings. The van der Waals surface area contributed by atoms with E-state index in [2.05, 4.69) is 27.2 Å². The minimum Gasteiger partial charge on any atom is -0.497 e. The highest BCUT2D eigenvalue weighted by Gasteiger charge is 2.25. The van der Waals surface area contributed by atoms with Crippen LogP contribution in [0.2, 0.25) is 0 Å². The molecule has 1 fully saturated rings. The maximum Gasteiger partial charge on any atom is 0.237 e. The molecular weight excluding hydrogens is 382 g/mol. The summed E-state index contributed by atoms with van der Waals surface area (Å²) in [6.07, 6.45) is 0. The number of carbonyl (C=O) groups excluding carboxylic acids is 1. The predicted octanol–water partition coefficient (Wildman–Crippen LogP) is 2.54. The van der Waals surface area contributed by atoms with Crippen LogP contribution in [-0.4, -0.2) is 64.4 Å². The van der Waals surface area contributed by atoms with Gasteiger partial charge in [-0.3, -0.25) is 9.69 Å². The molecule has 1 atom stereocenters. The van der Waals surface area contributed by atoms with E-state index < -0.39 is 0 Å². The van der Waals surface area contributed by atoms with Crippen LogP contribution in [0.25, 0.3) is 0 Å². The molecule has 7 heteroatoms. The summed E-state index contributed by atoms with van der Waals surface area (Å²) in [6.45, 7) is 5.88. The van der Waals surface area contributed by atoms with Crippen LogP contribution in [0.1, 0.15) is 12.5 Å². The Morgan fingerprint density at radius 2 is 1.60 bits per heavy atom. The minimum atomic E-state index is -0.178. The van der Waals surface area contributed by atoms with E-state index >= 15 is 0 Å². The number of hydrogen-bond acceptors (Lipinski definition) is 6. The number of amides is 1. The van der Waals surface area contributed by atoms with Crippen LogP contribution in [0, 0.1) is 0 Å². The smallest absolute Gasteiger partial charge is 0.237 e. The van der Waals surface area contributed by atoms with Crippen molar-refractivity contribution in [3.05, 3.63) is 48.0 Å². The molecule has 0 radical (unpaired) electrons. The van der Waals surface area contributed by atoms with Crippen LogP contribution in [0.15, 0.2) is 42.5 Å². The van der Waals surface area contributed by atoms with Crippen LogP contribution in [0.4, 0.5) is 5.69 Å². The second-order valence-electron chi connectivity index (χ2n) is 7.30. The Bertz CT molecular complexity index is 833. The molecule has 1 aliphatic rings. The molecule has 0 aromatic heterocycles. The van der Waals surface area contributed by atoms with Gasteiger partial charge < -0.3 is 24.4 Å². The lowest BCUT2D eigenvalue weighted by atomic mass is 10.1. The van der Waals surface area contributed by atoms with Crippen LogP contribution >= 0.6 is 0 Å². The average Bonchev–Trinajstić information content (AvgIpc) is 2.82. The van der Waals surface area contributed by atoms with Gasteiger partial charge in [0.1, 0.15) is 5.75 Å². The van der Waals surface area contributed by atoms with Crippen LogP contribution < -0.4 is 24.4 Å². The Kier molecular flexibility index (Phi) is 7.41. The fourth-order valence-corrected chi connectivity index (χ4v) is 3.65. The summed E-state index contributed by atoms with van der Waals surface area (Å²) >= 11 is 0. The highest BCUT2D eigenvalue weighted by Crippen LogP contribution is 2.27. The molecule has 3 rings (SSSR count). The molecule has 1 amide bonds. The van der Waals surface area contributed by atoms with E-state index in [1.54, 1.807) is 21.3 Å². The van der Waals surface area contributed by atoms with Gasteiger partial charge in [0.25, 0.3) is 0 Å². The second-order valence-corrected chi connectivity index (χ2v) is 7.30. The molecule has 0 bridgehead atoms. The Labute approximate surface area is 178 Å². The zero-order valence-electron chi connectivity index (χ0n) is 18.2. The van der Waals surface area contributed by atoms with Gasteiger partial charge in [0.05, 0.1) is 27.4 Å². The lowest BCUT2D eigenvalue weighted by Gasteiger charge is -2.38. The van der Waals surface area contributed by atoms with Crippen LogP contribution in [0.3, 0.4) is 0 Å². The van der Waals surface area contributed by atoms with Gasteiger partial charge in [0.2, 0.25) is 5.91 Å². The van der Waals surface area contributed by atoms with E-state index in [9.17, 15) is 4.79 Å². The molecular formula is C23H31N3O4. The first-order valence-corrected chi connectivity index (χ1v) is 10.2. The fourth-order valence-electron chi connectivity index (χ4n) is 3.65. The average molecular weight is 414 g/mol. The third-order valence-corrected chi connectivity index (χ3v) is 5.59. The third kappa shape index (κ3) is 5.16. The van der Waals surface area contributed by atoms with Gasteiger partial charge in [-0.05, 0) is 48.9 Å². The summed E-state index contributed by atoms with van der Waals surface area (Å²) in [6, 6.07) is 13.6. The van der Waals surface area contributed by atoms with Crippen molar-refractivity contribution >= 4 is 11.6 Å². The van der Waals surface area contributed by atoms with E-state index in [4.69, 9.17) is 14.2 Å².